The highest BCUT2D eigenvalue weighted by atomic mass is 19.1. The van der Waals surface area contributed by atoms with Crippen LogP contribution >= 0.6 is 0 Å². The summed E-state index contributed by atoms with van der Waals surface area (Å²) in [6, 6.07) is 6.61. The molecule has 16 heavy (non-hydrogen) atoms. The second kappa shape index (κ2) is 4.91. The average molecular weight is 225 g/mol. The van der Waals surface area contributed by atoms with Crippen molar-refractivity contribution in [3.63, 3.8) is 0 Å². The molecule has 0 spiro atoms. The number of hydrogen-bond acceptors (Lipinski definition) is 3. The lowest BCUT2D eigenvalue weighted by Crippen LogP contribution is -2.32. The topological polar surface area (TPSA) is 30.5 Å². The second-order valence-corrected chi connectivity index (χ2v) is 3.78. The average Bonchev–Trinajstić information content (AvgIpc) is 2.77. The van der Waals surface area contributed by atoms with E-state index < -0.39 is 5.79 Å². The molecule has 1 saturated heterocycles. The summed E-state index contributed by atoms with van der Waals surface area (Å²) in [5.41, 5.74) is 0.489. The van der Waals surface area contributed by atoms with Crippen LogP contribution in [0.3, 0.4) is 0 Å². The summed E-state index contributed by atoms with van der Waals surface area (Å²) in [5.74, 6) is -1.19. The molecular formula is C12H16FNO2. The number of ether oxygens (including phenoxy) is 2. The molecule has 0 saturated carbocycles. The van der Waals surface area contributed by atoms with E-state index in [1.54, 1.807) is 18.2 Å². The first-order valence-electron chi connectivity index (χ1n) is 5.46. The predicted octanol–water partition coefficient (Wildman–Crippen LogP) is 1.63. The standard InChI is InChI=1S/C12H16FNO2/c1-14-7-6-12(15-8-9-16-12)10-4-2-3-5-11(10)13/h2-5,14H,6-9H2,1H3. The first-order valence-corrected chi connectivity index (χ1v) is 5.46. The highest BCUT2D eigenvalue weighted by molar-refractivity contribution is 5.23. The van der Waals surface area contributed by atoms with E-state index in [1.165, 1.54) is 6.07 Å². The third kappa shape index (κ3) is 2.09. The van der Waals surface area contributed by atoms with Crippen molar-refractivity contribution in [2.75, 3.05) is 26.8 Å². The lowest BCUT2D eigenvalue weighted by Gasteiger charge is -2.28. The fraction of sp³-hybridized carbons (Fsp3) is 0.500. The van der Waals surface area contributed by atoms with Gasteiger partial charge in [-0.2, -0.15) is 0 Å². The van der Waals surface area contributed by atoms with Crippen LogP contribution in [0.5, 0.6) is 0 Å². The Kier molecular flexibility index (Phi) is 3.53. The molecule has 1 aliphatic heterocycles. The predicted molar refractivity (Wildman–Crippen MR) is 58.5 cm³/mol. The van der Waals surface area contributed by atoms with E-state index in [4.69, 9.17) is 9.47 Å². The molecule has 88 valence electrons. The van der Waals surface area contributed by atoms with E-state index in [0.29, 0.717) is 31.7 Å². The van der Waals surface area contributed by atoms with Crippen molar-refractivity contribution in [2.45, 2.75) is 12.2 Å². The van der Waals surface area contributed by atoms with Crippen molar-refractivity contribution in [1.29, 1.82) is 0 Å². The maximum atomic E-state index is 13.7. The van der Waals surface area contributed by atoms with Crippen molar-refractivity contribution in [2.24, 2.45) is 0 Å². The van der Waals surface area contributed by atoms with Gasteiger partial charge in [0, 0.05) is 18.5 Å². The fourth-order valence-corrected chi connectivity index (χ4v) is 1.95. The van der Waals surface area contributed by atoms with Gasteiger partial charge in [0.05, 0.1) is 13.2 Å². The summed E-state index contributed by atoms with van der Waals surface area (Å²) in [6.07, 6.45) is 0.602. The molecule has 4 heteroatoms. The molecule has 0 amide bonds. The molecule has 0 atom stereocenters. The minimum Gasteiger partial charge on any atom is -0.343 e. The van der Waals surface area contributed by atoms with Gasteiger partial charge in [-0.3, -0.25) is 0 Å². The van der Waals surface area contributed by atoms with Gasteiger partial charge in [0.1, 0.15) is 5.82 Å². The molecule has 1 aromatic carbocycles. The molecule has 0 aliphatic carbocycles. The zero-order valence-corrected chi connectivity index (χ0v) is 9.33. The number of halogens is 1. The first kappa shape index (κ1) is 11.5. The molecule has 0 unspecified atom stereocenters. The van der Waals surface area contributed by atoms with Gasteiger partial charge in [0.15, 0.2) is 5.79 Å². The van der Waals surface area contributed by atoms with Crippen LogP contribution in [0.2, 0.25) is 0 Å². The Morgan fingerprint density at radius 1 is 1.31 bits per heavy atom. The zero-order chi connectivity index (χ0) is 11.4. The monoisotopic (exact) mass is 225 g/mol. The van der Waals surface area contributed by atoms with Crippen LogP contribution in [0.4, 0.5) is 4.39 Å². The second-order valence-electron chi connectivity index (χ2n) is 3.78. The summed E-state index contributed by atoms with van der Waals surface area (Å²) < 4.78 is 24.9. The van der Waals surface area contributed by atoms with Crippen molar-refractivity contribution in [1.82, 2.24) is 5.32 Å². The number of nitrogens with one attached hydrogen (secondary N) is 1. The van der Waals surface area contributed by atoms with Crippen molar-refractivity contribution >= 4 is 0 Å². The Morgan fingerprint density at radius 2 is 2.00 bits per heavy atom. The lowest BCUT2D eigenvalue weighted by atomic mass is 10.0. The Balaban J connectivity index is 2.28. The molecule has 1 heterocycles. The quantitative estimate of drug-likeness (QED) is 0.845. The SMILES string of the molecule is CNCCC1(c2ccccc2F)OCCO1. The van der Waals surface area contributed by atoms with Crippen LogP contribution in [-0.2, 0) is 15.3 Å². The zero-order valence-electron chi connectivity index (χ0n) is 9.33. The largest absolute Gasteiger partial charge is 0.343 e. The van der Waals surface area contributed by atoms with Gasteiger partial charge in [-0.1, -0.05) is 18.2 Å². The lowest BCUT2D eigenvalue weighted by molar-refractivity contribution is -0.171. The number of rotatable bonds is 4. The first-order chi connectivity index (χ1) is 7.78. The van der Waals surface area contributed by atoms with E-state index >= 15 is 0 Å². The van der Waals surface area contributed by atoms with E-state index in [1.807, 2.05) is 7.05 Å². The smallest absolute Gasteiger partial charge is 0.199 e. The van der Waals surface area contributed by atoms with Gasteiger partial charge in [0.25, 0.3) is 0 Å². The van der Waals surface area contributed by atoms with Gasteiger partial charge in [-0.25, -0.2) is 4.39 Å². The van der Waals surface area contributed by atoms with Crippen LogP contribution < -0.4 is 5.32 Å². The van der Waals surface area contributed by atoms with Crippen molar-refractivity contribution < 1.29 is 13.9 Å². The molecule has 0 radical (unpaired) electrons. The van der Waals surface area contributed by atoms with Crippen LogP contribution in [0.15, 0.2) is 24.3 Å². The van der Waals surface area contributed by atoms with Gasteiger partial charge in [0.2, 0.25) is 0 Å². The highest BCUT2D eigenvalue weighted by Gasteiger charge is 2.39. The van der Waals surface area contributed by atoms with Gasteiger partial charge < -0.3 is 14.8 Å². The minimum absolute atomic E-state index is 0.277. The molecule has 0 aromatic heterocycles. The summed E-state index contributed by atoms with van der Waals surface area (Å²) in [7, 11) is 1.85. The van der Waals surface area contributed by atoms with E-state index in [2.05, 4.69) is 5.32 Å². The fourth-order valence-electron chi connectivity index (χ4n) is 1.95. The number of benzene rings is 1. The summed E-state index contributed by atoms with van der Waals surface area (Å²) in [5, 5.41) is 3.03. The number of hydrogen-bond donors (Lipinski definition) is 1. The van der Waals surface area contributed by atoms with Gasteiger partial charge in [-0.15, -0.1) is 0 Å². The Bertz CT molecular complexity index is 351. The Hall–Kier alpha value is -0.970. The van der Waals surface area contributed by atoms with E-state index in [9.17, 15) is 4.39 Å². The Morgan fingerprint density at radius 3 is 2.62 bits per heavy atom. The maximum Gasteiger partial charge on any atom is 0.199 e. The molecular weight excluding hydrogens is 209 g/mol. The Labute approximate surface area is 94.6 Å². The maximum absolute atomic E-state index is 13.7. The van der Waals surface area contributed by atoms with Crippen LogP contribution in [-0.4, -0.2) is 26.8 Å². The van der Waals surface area contributed by atoms with E-state index in [0.717, 1.165) is 0 Å². The van der Waals surface area contributed by atoms with Crippen LogP contribution in [0.25, 0.3) is 0 Å². The minimum atomic E-state index is -0.908. The van der Waals surface area contributed by atoms with Gasteiger partial charge >= 0.3 is 0 Å². The molecule has 1 aromatic rings. The van der Waals surface area contributed by atoms with Crippen LogP contribution in [0, 0.1) is 5.82 Å². The molecule has 3 nitrogen and oxygen atoms in total. The molecule has 1 N–H and O–H groups in total. The third-order valence-corrected chi connectivity index (χ3v) is 2.74. The highest BCUT2D eigenvalue weighted by Crippen LogP contribution is 2.35. The molecule has 0 bridgehead atoms. The summed E-state index contributed by atoms with van der Waals surface area (Å²) >= 11 is 0. The summed E-state index contributed by atoms with van der Waals surface area (Å²) in [6.45, 7) is 1.74. The summed E-state index contributed by atoms with van der Waals surface area (Å²) in [4.78, 5) is 0. The van der Waals surface area contributed by atoms with Crippen molar-refractivity contribution in [3.05, 3.63) is 35.6 Å². The van der Waals surface area contributed by atoms with E-state index in [-0.39, 0.29) is 5.82 Å². The third-order valence-electron chi connectivity index (χ3n) is 2.74. The molecule has 1 aliphatic rings. The van der Waals surface area contributed by atoms with Crippen molar-refractivity contribution in [3.8, 4) is 0 Å². The normalized spacial score (nSPS) is 18.9. The van der Waals surface area contributed by atoms with Crippen LogP contribution in [0.1, 0.15) is 12.0 Å². The molecule has 2 rings (SSSR count). The molecule has 1 fully saturated rings. The van der Waals surface area contributed by atoms with Gasteiger partial charge in [-0.05, 0) is 13.1 Å².